The van der Waals surface area contributed by atoms with Crippen LogP contribution >= 0.6 is 11.6 Å². The molecule has 0 radical (unpaired) electrons. The van der Waals surface area contributed by atoms with Crippen molar-refractivity contribution in [1.29, 1.82) is 0 Å². The first-order chi connectivity index (χ1) is 9.13. The number of carbonyl (C=O) groups is 1. The lowest BCUT2D eigenvalue weighted by Gasteiger charge is -2.13. The summed E-state index contributed by atoms with van der Waals surface area (Å²) in [4.78, 5) is 11.8. The molecule has 2 N–H and O–H groups in total. The fourth-order valence-electron chi connectivity index (χ4n) is 1.74. The second kappa shape index (κ2) is 6.29. The zero-order valence-corrected chi connectivity index (χ0v) is 11.3. The third-order valence-corrected chi connectivity index (χ3v) is 2.78. The quantitative estimate of drug-likeness (QED) is 0.896. The minimum absolute atomic E-state index is 0.0228. The van der Waals surface area contributed by atoms with Gasteiger partial charge < -0.3 is 15.1 Å². The molecule has 0 aliphatic heterocycles. The maximum absolute atomic E-state index is 11.8. The summed E-state index contributed by atoms with van der Waals surface area (Å²) in [7, 11) is 0. The highest BCUT2D eigenvalue weighted by molar-refractivity contribution is 6.30. The molecule has 1 atom stereocenters. The third-order valence-electron chi connectivity index (χ3n) is 2.55. The van der Waals surface area contributed by atoms with Crippen LogP contribution < -0.4 is 10.6 Å². The number of anilines is 1. The molecule has 4 nitrogen and oxygen atoms in total. The van der Waals surface area contributed by atoms with Gasteiger partial charge in [-0.2, -0.15) is 0 Å². The van der Waals surface area contributed by atoms with Gasteiger partial charge in [0.1, 0.15) is 5.76 Å². The van der Waals surface area contributed by atoms with Crippen LogP contribution in [0.1, 0.15) is 12.7 Å². The third kappa shape index (κ3) is 4.34. The van der Waals surface area contributed by atoms with E-state index in [1.54, 1.807) is 30.5 Å². The maximum atomic E-state index is 11.8. The van der Waals surface area contributed by atoms with Gasteiger partial charge in [-0.1, -0.05) is 17.7 Å². The Morgan fingerprint density at radius 3 is 2.89 bits per heavy atom. The highest BCUT2D eigenvalue weighted by Crippen LogP contribution is 2.14. The lowest BCUT2D eigenvalue weighted by molar-refractivity contribution is 0.248. The molecule has 0 aliphatic carbocycles. The van der Waals surface area contributed by atoms with Gasteiger partial charge in [0.25, 0.3) is 0 Å². The predicted octanol–water partition coefficient (Wildman–Crippen LogP) is 3.69. The van der Waals surface area contributed by atoms with Crippen molar-refractivity contribution in [3.05, 3.63) is 53.4 Å². The number of carbonyl (C=O) groups excluding carboxylic acids is 1. The molecule has 0 fully saturated rings. The van der Waals surface area contributed by atoms with E-state index in [0.717, 1.165) is 5.76 Å². The van der Waals surface area contributed by atoms with Crippen LogP contribution in [0.4, 0.5) is 10.5 Å². The van der Waals surface area contributed by atoms with Crippen molar-refractivity contribution < 1.29 is 9.21 Å². The Labute approximate surface area is 116 Å². The van der Waals surface area contributed by atoms with E-state index in [1.165, 1.54) is 0 Å². The Morgan fingerprint density at radius 2 is 2.21 bits per heavy atom. The van der Waals surface area contributed by atoms with E-state index in [0.29, 0.717) is 17.1 Å². The van der Waals surface area contributed by atoms with E-state index in [9.17, 15) is 4.79 Å². The molecule has 0 spiro atoms. The van der Waals surface area contributed by atoms with E-state index in [1.807, 2.05) is 19.1 Å². The molecule has 100 valence electrons. The summed E-state index contributed by atoms with van der Waals surface area (Å²) < 4.78 is 5.23. The largest absolute Gasteiger partial charge is 0.469 e. The predicted molar refractivity (Wildman–Crippen MR) is 75.5 cm³/mol. The first-order valence-corrected chi connectivity index (χ1v) is 6.37. The molecule has 0 saturated carbocycles. The lowest BCUT2D eigenvalue weighted by atomic mass is 10.2. The summed E-state index contributed by atoms with van der Waals surface area (Å²) >= 11 is 5.84. The molecular formula is C14H15ClN2O2. The monoisotopic (exact) mass is 278 g/mol. The van der Waals surface area contributed by atoms with Crippen molar-refractivity contribution in [3.8, 4) is 0 Å². The number of urea groups is 1. The SMILES string of the molecule is CC(Cc1ccco1)NC(=O)Nc1cccc(Cl)c1. The Bertz CT molecular complexity index is 540. The van der Waals surface area contributed by atoms with Crippen LogP contribution in [0.25, 0.3) is 0 Å². The summed E-state index contributed by atoms with van der Waals surface area (Å²) in [6, 6.07) is 10.4. The second-order valence-corrected chi connectivity index (χ2v) is 4.73. The van der Waals surface area contributed by atoms with Crippen molar-refractivity contribution in [2.75, 3.05) is 5.32 Å². The molecule has 0 saturated heterocycles. The molecule has 0 aliphatic rings. The van der Waals surface area contributed by atoms with Crippen LogP contribution in [0.3, 0.4) is 0 Å². The molecular weight excluding hydrogens is 264 g/mol. The summed E-state index contributed by atoms with van der Waals surface area (Å²) in [5, 5.41) is 6.15. The van der Waals surface area contributed by atoms with E-state index in [2.05, 4.69) is 10.6 Å². The molecule has 1 heterocycles. The normalized spacial score (nSPS) is 11.9. The van der Waals surface area contributed by atoms with Gasteiger partial charge in [0.15, 0.2) is 0 Å². The van der Waals surface area contributed by atoms with Gasteiger partial charge in [0.05, 0.1) is 6.26 Å². The van der Waals surface area contributed by atoms with Gasteiger partial charge in [-0.25, -0.2) is 4.79 Å². The van der Waals surface area contributed by atoms with Gasteiger partial charge in [0.2, 0.25) is 0 Å². The summed E-state index contributed by atoms with van der Waals surface area (Å²) in [6.07, 6.45) is 2.27. The first kappa shape index (κ1) is 13.5. The highest BCUT2D eigenvalue weighted by Gasteiger charge is 2.09. The smallest absolute Gasteiger partial charge is 0.319 e. The van der Waals surface area contributed by atoms with Gasteiger partial charge in [-0.15, -0.1) is 0 Å². The molecule has 2 aromatic rings. The van der Waals surface area contributed by atoms with Crippen molar-refractivity contribution in [2.24, 2.45) is 0 Å². The molecule has 2 amide bonds. The molecule has 1 unspecified atom stereocenters. The molecule has 2 rings (SSSR count). The van der Waals surface area contributed by atoms with Crippen LogP contribution in [0.15, 0.2) is 47.1 Å². The average molecular weight is 279 g/mol. The Hall–Kier alpha value is -1.94. The zero-order valence-electron chi connectivity index (χ0n) is 10.5. The first-order valence-electron chi connectivity index (χ1n) is 5.99. The Morgan fingerprint density at radius 1 is 1.37 bits per heavy atom. The van der Waals surface area contributed by atoms with Gasteiger partial charge in [-0.3, -0.25) is 0 Å². The number of amides is 2. The number of hydrogen-bond acceptors (Lipinski definition) is 2. The lowest BCUT2D eigenvalue weighted by Crippen LogP contribution is -2.37. The number of halogens is 1. The molecule has 19 heavy (non-hydrogen) atoms. The number of hydrogen-bond donors (Lipinski definition) is 2. The maximum Gasteiger partial charge on any atom is 0.319 e. The zero-order chi connectivity index (χ0) is 13.7. The van der Waals surface area contributed by atoms with Crippen LogP contribution in [0.5, 0.6) is 0 Å². The molecule has 0 bridgehead atoms. The van der Waals surface area contributed by atoms with Crippen molar-refractivity contribution in [3.63, 3.8) is 0 Å². The van der Waals surface area contributed by atoms with Gasteiger partial charge in [-0.05, 0) is 37.3 Å². The topological polar surface area (TPSA) is 54.3 Å². The van der Waals surface area contributed by atoms with Crippen LogP contribution in [-0.4, -0.2) is 12.1 Å². The minimum atomic E-state index is -0.263. The van der Waals surface area contributed by atoms with Crippen LogP contribution in [0, 0.1) is 0 Å². The van der Waals surface area contributed by atoms with Crippen molar-refractivity contribution >= 4 is 23.3 Å². The Kier molecular flexibility index (Phi) is 4.47. The van der Waals surface area contributed by atoms with Gasteiger partial charge >= 0.3 is 6.03 Å². The van der Waals surface area contributed by atoms with E-state index < -0.39 is 0 Å². The number of benzene rings is 1. The van der Waals surface area contributed by atoms with E-state index >= 15 is 0 Å². The number of furan rings is 1. The van der Waals surface area contributed by atoms with E-state index in [-0.39, 0.29) is 12.1 Å². The number of rotatable bonds is 4. The fourth-order valence-corrected chi connectivity index (χ4v) is 1.93. The second-order valence-electron chi connectivity index (χ2n) is 4.29. The fraction of sp³-hybridized carbons (Fsp3) is 0.214. The minimum Gasteiger partial charge on any atom is -0.469 e. The average Bonchev–Trinajstić information content (AvgIpc) is 2.81. The van der Waals surface area contributed by atoms with Crippen LogP contribution in [-0.2, 0) is 6.42 Å². The standard InChI is InChI=1S/C14H15ClN2O2/c1-10(8-13-6-3-7-19-13)16-14(18)17-12-5-2-4-11(15)9-12/h2-7,9-10H,8H2,1H3,(H2,16,17,18). The summed E-state index contributed by atoms with van der Waals surface area (Å²) in [5.41, 5.74) is 0.662. The van der Waals surface area contributed by atoms with Crippen molar-refractivity contribution in [2.45, 2.75) is 19.4 Å². The Balaban J connectivity index is 1.84. The van der Waals surface area contributed by atoms with E-state index in [4.69, 9.17) is 16.0 Å². The van der Waals surface area contributed by atoms with Crippen LogP contribution in [0.2, 0.25) is 5.02 Å². The summed E-state index contributed by atoms with van der Waals surface area (Å²) in [5.74, 6) is 0.843. The molecule has 1 aromatic heterocycles. The summed E-state index contributed by atoms with van der Waals surface area (Å²) in [6.45, 7) is 1.92. The molecule has 1 aromatic carbocycles. The number of nitrogens with one attached hydrogen (secondary N) is 2. The van der Waals surface area contributed by atoms with Gasteiger partial charge in [0, 0.05) is 23.2 Å². The highest BCUT2D eigenvalue weighted by atomic mass is 35.5. The van der Waals surface area contributed by atoms with Crippen molar-refractivity contribution in [1.82, 2.24) is 5.32 Å². The molecule has 5 heteroatoms.